The fourth-order valence-corrected chi connectivity index (χ4v) is 5.98. The van der Waals surface area contributed by atoms with Gasteiger partial charge in [0.15, 0.2) is 5.96 Å². The number of guanidine groups is 1. The van der Waals surface area contributed by atoms with Gasteiger partial charge in [-0.3, -0.25) is 14.6 Å². The second kappa shape index (κ2) is 13.0. The van der Waals surface area contributed by atoms with Crippen molar-refractivity contribution in [2.75, 3.05) is 19.6 Å². The second-order valence-electron chi connectivity index (χ2n) is 11.3. The van der Waals surface area contributed by atoms with Gasteiger partial charge in [0.2, 0.25) is 11.8 Å². The standard InChI is InChI=1S/C34H40N6O2/c1-23-21-40(33(42)31(35)19-24-12-14-26-7-2-4-9-28(26)17-24)30(11-6-16-38-34(36)37)22-39(23)32(41)20-25-13-15-27-8-3-5-10-29(27)18-25/h2-5,7-10,12-15,17-18,23,30-31H,6,11,16,19-22,35H2,1H3,(H4,36,37,38)/t23-,30+,31-/m1/s1. The molecule has 4 aromatic rings. The molecule has 3 atom stereocenters. The molecule has 1 aliphatic heterocycles. The third-order valence-electron chi connectivity index (χ3n) is 8.19. The largest absolute Gasteiger partial charge is 0.370 e. The van der Waals surface area contributed by atoms with Crippen molar-refractivity contribution < 1.29 is 9.59 Å². The van der Waals surface area contributed by atoms with Crippen molar-refractivity contribution >= 4 is 39.3 Å². The van der Waals surface area contributed by atoms with Crippen molar-refractivity contribution in [3.8, 4) is 0 Å². The molecule has 218 valence electrons. The molecule has 1 aliphatic rings. The summed E-state index contributed by atoms with van der Waals surface area (Å²) in [5.74, 6) is 0.00726. The Kier molecular flexibility index (Phi) is 9.03. The van der Waals surface area contributed by atoms with Crippen LogP contribution in [0.1, 0.15) is 30.9 Å². The van der Waals surface area contributed by atoms with E-state index < -0.39 is 6.04 Å². The van der Waals surface area contributed by atoms with Crippen molar-refractivity contribution in [1.82, 2.24) is 9.80 Å². The summed E-state index contributed by atoms with van der Waals surface area (Å²) in [6.45, 7) is 3.35. The number of hydrogen-bond acceptors (Lipinski definition) is 4. The molecule has 42 heavy (non-hydrogen) atoms. The van der Waals surface area contributed by atoms with Crippen LogP contribution in [0.3, 0.4) is 0 Å². The smallest absolute Gasteiger partial charge is 0.240 e. The van der Waals surface area contributed by atoms with Crippen molar-refractivity contribution in [3.05, 3.63) is 96.1 Å². The minimum absolute atomic E-state index is 0.0461. The topological polar surface area (TPSA) is 131 Å². The SMILES string of the molecule is C[C@@H]1CN(C(=O)[C@H](N)Cc2ccc3ccccc3c2)[C@@H](CCCN=C(N)N)CN1C(=O)Cc1ccc2ccccc2c1. The maximum Gasteiger partial charge on any atom is 0.240 e. The fraction of sp³-hybridized carbons (Fsp3) is 0.324. The van der Waals surface area contributed by atoms with E-state index >= 15 is 0 Å². The Morgan fingerprint density at radius 1 is 0.833 bits per heavy atom. The van der Waals surface area contributed by atoms with Crippen molar-refractivity contribution in [2.45, 2.75) is 50.7 Å². The number of carbonyl (C=O) groups is 2. The summed E-state index contributed by atoms with van der Waals surface area (Å²) < 4.78 is 0. The molecule has 0 saturated carbocycles. The molecule has 0 radical (unpaired) electrons. The number of rotatable bonds is 9. The predicted molar refractivity (Wildman–Crippen MR) is 170 cm³/mol. The normalized spacial score (nSPS) is 17.8. The zero-order valence-corrected chi connectivity index (χ0v) is 24.2. The molecular weight excluding hydrogens is 524 g/mol. The zero-order valence-electron chi connectivity index (χ0n) is 24.2. The Bertz CT molecular complexity index is 1600. The zero-order chi connectivity index (χ0) is 29.6. The highest BCUT2D eigenvalue weighted by Gasteiger charge is 2.37. The van der Waals surface area contributed by atoms with Crippen LogP contribution in [0.25, 0.3) is 21.5 Å². The van der Waals surface area contributed by atoms with Gasteiger partial charge in [-0.05, 0) is 58.9 Å². The van der Waals surface area contributed by atoms with Gasteiger partial charge in [0.25, 0.3) is 0 Å². The van der Waals surface area contributed by atoms with Gasteiger partial charge in [0, 0.05) is 31.7 Å². The maximum atomic E-state index is 13.8. The molecule has 0 bridgehead atoms. The lowest BCUT2D eigenvalue weighted by atomic mass is 9.97. The molecule has 0 unspecified atom stereocenters. The van der Waals surface area contributed by atoms with Gasteiger partial charge >= 0.3 is 0 Å². The van der Waals surface area contributed by atoms with E-state index in [1.54, 1.807) is 0 Å². The highest BCUT2D eigenvalue weighted by molar-refractivity contribution is 5.87. The first kappa shape index (κ1) is 29.1. The lowest BCUT2D eigenvalue weighted by Gasteiger charge is -2.46. The number of nitrogens with zero attached hydrogens (tertiary/aromatic N) is 3. The third-order valence-corrected chi connectivity index (χ3v) is 8.19. The van der Waals surface area contributed by atoms with Crippen molar-refractivity contribution in [3.63, 3.8) is 0 Å². The van der Waals surface area contributed by atoms with Crippen molar-refractivity contribution in [2.24, 2.45) is 22.2 Å². The summed E-state index contributed by atoms with van der Waals surface area (Å²) in [6, 6.07) is 27.7. The molecule has 1 saturated heterocycles. The first-order valence-corrected chi connectivity index (χ1v) is 14.6. The first-order chi connectivity index (χ1) is 20.3. The number of benzene rings is 4. The van der Waals surface area contributed by atoms with Gasteiger partial charge in [-0.2, -0.15) is 0 Å². The maximum absolute atomic E-state index is 13.8. The van der Waals surface area contributed by atoms with E-state index in [0.717, 1.165) is 32.7 Å². The van der Waals surface area contributed by atoms with Crippen LogP contribution in [0, 0.1) is 0 Å². The monoisotopic (exact) mass is 564 g/mol. The Hall–Kier alpha value is -4.43. The number of amides is 2. The van der Waals surface area contributed by atoms with Gasteiger partial charge in [-0.25, -0.2) is 0 Å². The van der Waals surface area contributed by atoms with Gasteiger partial charge in [-0.1, -0.05) is 84.9 Å². The number of piperazine rings is 1. The average Bonchev–Trinajstić information content (AvgIpc) is 2.99. The Morgan fingerprint density at radius 2 is 1.43 bits per heavy atom. The number of hydrogen-bond donors (Lipinski definition) is 3. The van der Waals surface area contributed by atoms with Crippen LogP contribution >= 0.6 is 0 Å². The molecule has 2 amide bonds. The van der Waals surface area contributed by atoms with Gasteiger partial charge in [0.05, 0.1) is 12.5 Å². The molecule has 6 N–H and O–H groups in total. The van der Waals surface area contributed by atoms with E-state index in [9.17, 15) is 9.59 Å². The summed E-state index contributed by atoms with van der Waals surface area (Å²) in [5, 5.41) is 4.54. The number of carbonyl (C=O) groups excluding carboxylic acids is 2. The van der Waals surface area contributed by atoms with Crippen LogP contribution in [0.2, 0.25) is 0 Å². The Morgan fingerprint density at radius 3 is 2.07 bits per heavy atom. The highest BCUT2D eigenvalue weighted by atomic mass is 16.2. The summed E-state index contributed by atoms with van der Waals surface area (Å²) in [4.78, 5) is 35.3. The van der Waals surface area contributed by atoms with Crippen LogP contribution in [-0.4, -0.2) is 65.3 Å². The van der Waals surface area contributed by atoms with E-state index in [4.69, 9.17) is 17.2 Å². The molecule has 0 aromatic heterocycles. The minimum atomic E-state index is -0.682. The summed E-state index contributed by atoms with van der Waals surface area (Å²) >= 11 is 0. The third kappa shape index (κ3) is 6.89. The Balaban J connectivity index is 1.29. The van der Waals surface area contributed by atoms with E-state index in [2.05, 4.69) is 53.5 Å². The lowest BCUT2D eigenvalue weighted by molar-refractivity contribution is -0.147. The average molecular weight is 565 g/mol. The van der Waals surface area contributed by atoms with E-state index in [1.807, 2.05) is 53.1 Å². The molecule has 0 aliphatic carbocycles. The fourth-order valence-electron chi connectivity index (χ4n) is 5.98. The van der Waals surface area contributed by atoms with Crippen LogP contribution in [0.5, 0.6) is 0 Å². The lowest BCUT2D eigenvalue weighted by Crippen LogP contribution is -2.63. The Labute approximate surface area is 247 Å². The molecule has 0 spiro atoms. The molecule has 4 aromatic carbocycles. The second-order valence-corrected chi connectivity index (χ2v) is 11.3. The van der Waals surface area contributed by atoms with Crippen LogP contribution in [-0.2, 0) is 22.4 Å². The van der Waals surface area contributed by atoms with Gasteiger partial charge in [0.1, 0.15) is 0 Å². The van der Waals surface area contributed by atoms with E-state index in [0.29, 0.717) is 45.3 Å². The van der Waals surface area contributed by atoms with Crippen LogP contribution in [0.4, 0.5) is 0 Å². The molecule has 5 rings (SSSR count). The van der Waals surface area contributed by atoms with Crippen LogP contribution < -0.4 is 17.2 Å². The highest BCUT2D eigenvalue weighted by Crippen LogP contribution is 2.24. The van der Waals surface area contributed by atoms with Gasteiger partial charge < -0.3 is 27.0 Å². The van der Waals surface area contributed by atoms with Gasteiger partial charge in [-0.15, -0.1) is 0 Å². The quantitative estimate of drug-likeness (QED) is 0.162. The molecular formula is C34H40N6O2. The molecule has 1 heterocycles. The molecule has 1 fully saturated rings. The molecule has 8 heteroatoms. The van der Waals surface area contributed by atoms with E-state index in [1.165, 1.54) is 0 Å². The van der Waals surface area contributed by atoms with E-state index in [-0.39, 0.29) is 29.9 Å². The summed E-state index contributed by atoms with van der Waals surface area (Å²) in [6.07, 6.45) is 2.11. The predicted octanol–water partition coefficient (Wildman–Crippen LogP) is 3.59. The number of nitrogens with two attached hydrogens (primary N) is 3. The summed E-state index contributed by atoms with van der Waals surface area (Å²) in [7, 11) is 0. The number of fused-ring (bicyclic) bond motifs is 2. The first-order valence-electron chi connectivity index (χ1n) is 14.6. The molecule has 8 nitrogen and oxygen atoms in total. The summed E-state index contributed by atoms with van der Waals surface area (Å²) in [5.41, 5.74) is 19.6. The van der Waals surface area contributed by atoms with Crippen LogP contribution in [0.15, 0.2) is 89.9 Å². The number of aliphatic imine (C=N–C) groups is 1. The minimum Gasteiger partial charge on any atom is -0.370 e. The van der Waals surface area contributed by atoms with Crippen molar-refractivity contribution in [1.29, 1.82) is 0 Å².